The number of nitrogens with zero attached hydrogens (tertiary/aromatic N) is 1. The third-order valence-corrected chi connectivity index (χ3v) is 4.22. The molecule has 1 aromatic heterocycles. The Kier molecular flexibility index (Phi) is 3.66. The van der Waals surface area contributed by atoms with Crippen molar-refractivity contribution >= 4 is 28.2 Å². The van der Waals surface area contributed by atoms with Crippen LogP contribution in [0.25, 0.3) is 0 Å². The van der Waals surface area contributed by atoms with E-state index in [-0.39, 0.29) is 17.8 Å². The maximum atomic E-state index is 12.3. The quantitative estimate of drug-likeness (QED) is 0.804. The summed E-state index contributed by atoms with van der Waals surface area (Å²) in [7, 11) is 0. The minimum atomic E-state index is -0.223. The number of aromatic nitrogens is 1. The van der Waals surface area contributed by atoms with E-state index in [1.54, 1.807) is 0 Å². The van der Waals surface area contributed by atoms with Gasteiger partial charge in [-0.05, 0) is 13.0 Å². The first-order valence-electron chi connectivity index (χ1n) is 6.71. The molecule has 0 fully saturated rings. The van der Waals surface area contributed by atoms with E-state index in [0.717, 1.165) is 17.9 Å². The van der Waals surface area contributed by atoms with E-state index >= 15 is 0 Å². The molecule has 1 amide bonds. The zero-order chi connectivity index (χ0) is 14.8. The molecule has 1 aliphatic heterocycles. The molecule has 1 atom stereocenters. The molecule has 2 aromatic rings. The number of para-hydroxylation sites is 1. The molecule has 1 aliphatic rings. The number of nitrogens with one attached hydrogen (secondary N) is 2. The number of ether oxygens (including phenoxy) is 1. The molecule has 1 unspecified atom stereocenters. The monoisotopic (exact) mass is 304 g/mol. The van der Waals surface area contributed by atoms with Gasteiger partial charge in [-0.3, -0.25) is 4.79 Å². The highest BCUT2D eigenvalue weighted by molar-refractivity contribution is 7.18. The maximum absolute atomic E-state index is 12.3. The lowest BCUT2D eigenvalue weighted by atomic mass is 10.1. The maximum Gasteiger partial charge on any atom is 0.265 e. The van der Waals surface area contributed by atoms with Crippen molar-refractivity contribution in [3.05, 3.63) is 34.7 Å². The minimum Gasteiger partial charge on any atom is -0.491 e. The molecular weight excluding hydrogens is 288 g/mol. The van der Waals surface area contributed by atoms with Crippen LogP contribution < -0.4 is 21.1 Å². The van der Waals surface area contributed by atoms with Gasteiger partial charge in [0.2, 0.25) is 0 Å². The fraction of sp³-hybridized carbons (Fsp3) is 0.286. The second-order valence-electron chi connectivity index (χ2n) is 4.64. The van der Waals surface area contributed by atoms with E-state index in [1.807, 2.05) is 31.2 Å². The first-order chi connectivity index (χ1) is 10.2. The molecule has 0 aliphatic carbocycles. The Hall–Kier alpha value is -2.28. The third-order valence-electron chi connectivity index (χ3n) is 3.19. The lowest BCUT2D eigenvalue weighted by Gasteiger charge is -2.10. The summed E-state index contributed by atoms with van der Waals surface area (Å²) in [5.41, 5.74) is 6.80. The lowest BCUT2D eigenvalue weighted by molar-refractivity contribution is 0.0935. The summed E-state index contributed by atoms with van der Waals surface area (Å²) >= 11 is 1.26. The predicted molar refractivity (Wildman–Crippen MR) is 82.8 cm³/mol. The molecule has 0 radical (unpaired) electrons. The number of carbonyl (C=O) groups is 1. The van der Waals surface area contributed by atoms with E-state index < -0.39 is 0 Å². The molecule has 1 aromatic carbocycles. The van der Waals surface area contributed by atoms with Crippen molar-refractivity contribution in [2.45, 2.75) is 13.0 Å². The second kappa shape index (κ2) is 5.61. The van der Waals surface area contributed by atoms with Crippen LogP contribution in [0.5, 0.6) is 5.75 Å². The van der Waals surface area contributed by atoms with Gasteiger partial charge in [0.25, 0.3) is 5.91 Å². The van der Waals surface area contributed by atoms with Gasteiger partial charge in [-0.25, -0.2) is 4.98 Å². The molecule has 0 spiro atoms. The Morgan fingerprint density at radius 3 is 3.14 bits per heavy atom. The average molecular weight is 304 g/mol. The molecule has 3 rings (SSSR count). The highest BCUT2D eigenvalue weighted by Crippen LogP contribution is 2.32. The van der Waals surface area contributed by atoms with Crippen LogP contribution in [0.3, 0.4) is 0 Å². The van der Waals surface area contributed by atoms with Crippen molar-refractivity contribution in [3.8, 4) is 5.75 Å². The lowest BCUT2D eigenvalue weighted by Crippen LogP contribution is -2.29. The average Bonchev–Trinajstić information content (AvgIpc) is 3.04. The number of anilines is 2. The van der Waals surface area contributed by atoms with Crippen molar-refractivity contribution in [1.29, 1.82) is 0 Å². The summed E-state index contributed by atoms with van der Waals surface area (Å²) < 4.78 is 5.55. The molecule has 6 nitrogen and oxygen atoms in total. The van der Waals surface area contributed by atoms with Crippen LogP contribution in [0.15, 0.2) is 24.3 Å². The molecular formula is C14H16N4O2S. The van der Waals surface area contributed by atoms with Gasteiger partial charge in [-0.15, -0.1) is 0 Å². The number of nitrogens with two attached hydrogens (primary N) is 1. The minimum absolute atomic E-state index is 0.155. The Morgan fingerprint density at radius 1 is 1.52 bits per heavy atom. The molecule has 0 bridgehead atoms. The van der Waals surface area contributed by atoms with E-state index in [4.69, 9.17) is 10.5 Å². The fourth-order valence-electron chi connectivity index (χ4n) is 2.23. The van der Waals surface area contributed by atoms with Gasteiger partial charge in [-0.1, -0.05) is 29.5 Å². The van der Waals surface area contributed by atoms with E-state index in [1.165, 1.54) is 11.3 Å². The van der Waals surface area contributed by atoms with Crippen LogP contribution in [0.4, 0.5) is 10.9 Å². The summed E-state index contributed by atoms with van der Waals surface area (Å²) in [6.07, 6.45) is 0. The Balaban J connectivity index is 1.75. The SMILES string of the molecule is CCNc1nc(N)c(C(=O)NC2COc3ccccc32)s1. The summed E-state index contributed by atoms with van der Waals surface area (Å²) in [4.78, 5) is 16.9. The fourth-order valence-corrected chi connectivity index (χ4v) is 3.08. The number of benzene rings is 1. The van der Waals surface area contributed by atoms with E-state index in [9.17, 15) is 4.79 Å². The molecule has 7 heteroatoms. The number of amides is 1. The predicted octanol–water partition coefficient (Wildman–Crippen LogP) is 2.02. The Bertz CT molecular complexity index is 671. The zero-order valence-corrected chi connectivity index (χ0v) is 12.4. The number of rotatable bonds is 4. The van der Waals surface area contributed by atoms with E-state index in [2.05, 4.69) is 15.6 Å². The first kappa shape index (κ1) is 13.7. The second-order valence-corrected chi connectivity index (χ2v) is 5.64. The summed E-state index contributed by atoms with van der Waals surface area (Å²) in [5.74, 6) is 0.841. The number of nitrogen functional groups attached to an aromatic ring is 1. The number of hydrogen-bond acceptors (Lipinski definition) is 6. The van der Waals surface area contributed by atoms with Crippen LogP contribution in [0.2, 0.25) is 0 Å². The van der Waals surface area contributed by atoms with Gasteiger partial charge < -0.3 is 21.1 Å². The van der Waals surface area contributed by atoms with Crippen LogP contribution in [0.1, 0.15) is 28.2 Å². The smallest absolute Gasteiger partial charge is 0.265 e. The third kappa shape index (κ3) is 2.64. The van der Waals surface area contributed by atoms with Crippen molar-refractivity contribution < 1.29 is 9.53 Å². The van der Waals surface area contributed by atoms with Gasteiger partial charge in [0.1, 0.15) is 23.1 Å². The van der Waals surface area contributed by atoms with Crippen LogP contribution in [-0.2, 0) is 0 Å². The number of thiazole rings is 1. The first-order valence-corrected chi connectivity index (χ1v) is 7.53. The summed E-state index contributed by atoms with van der Waals surface area (Å²) in [5, 5.41) is 6.66. The molecule has 4 N–H and O–H groups in total. The molecule has 0 saturated carbocycles. The number of hydrogen-bond donors (Lipinski definition) is 3. The standard InChI is InChI=1S/C14H16N4O2S/c1-2-16-14-18-12(15)11(21-14)13(19)17-9-7-20-10-6-4-3-5-8(9)10/h3-6,9H,2,7,15H2,1H3,(H,16,18)(H,17,19). The largest absolute Gasteiger partial charge is 0.491 e. The van der Waals surface area contributed by atoms with Gasteiger partial charge in [0, 0.05) is 12.1 Å². The molecule has 2 heterocycles. The molecule has 0 saturated heterocycles. The van der Waals surface area contributed by atoms with Gasteiger partial charge in [0.05, 0.1) is 6.04 Å². The topological polar surface area (TPSA) is 89.3 Å². The highest BCUT2D eigenvalue weighted by atomic mass is 32.1. The normalized spacial score (nSPS) is 16.1. The molecule has 21 heavy (non-hydrogen) atoms. The summed E-state index contributed by atoms with van der Waals surface area (Å²) in [6.45, 7) is 3.13. The van der Waals surface area contributed by atoms with Gasteiger partial charge in [-0.2, -0.15) is 0 Å². The zero-order valence-electron chi connectivity index (χ0n) is 11.6. The van der Waals surface area contributed by atoms with E-state index in [0.29, 0.717) is 16.6 Å². The number of carbonyl (C=O) groups excluding carboxylic acids is 1. The van der Waals surface area contributed by atoms with Crippen LogP contribution in [0, 0.1) is 0 Å². The van der Waals surface area contributed by atoms with Gasteiger partial charge in [0.15, 0.2) is 5.13 Å². The number of fused-ring (bicyclic) bond motifs is 1. The molecule has 110 valence electrons. The van der Waals surface area contributed by atoms with Crippen molar-refractivity contribution in [3.63, 3.8) is 0 Å². The van der Waals surface area contributed by atoms with Crippen molar-refractivity contribution in [2.24, 2.45) is 0 Å². The van der Waals surface area contributed by atoms with Crippen LogP contribution in [-0.4, -0.2) is 24.0 Å². The highest BCUT2D eigenvalue weighted by Gasteiger charge is 2.27. The van der Waals surface area contributed by atoms with Crippen molar-refractivity contribution in [1.82, 2.24) is 10.3 Å². The van der Waals surface area contributed by atoms with Crippen LogP contribution >= 0.6 is 11.3 Å². The Labute approximate surface area is 126 Å². The summed E-state index contributed by atoms with van der Waals surface area (Å²) in [6, 6.07) is 7.53. The Morgan fingerprint density at radius 2 is 2.33 bits per heavy atom. The van der Waals surface area contributed by atoms with Gasteiger partial charge >= 0.3 is 0 Å². The van der Waals surface area contributed by atoms with Crippen molar-refractivity contribution in [2.75, 3.05) is 24.2 Å².